The number of nitrogens with one attached hydrogen (secondary N) is 1. The molecule has 2 aromatic rings. The van der Waals surface area contributed by atoms with E-state index >= 15 is 0 Å². The molecule has 1 N–H and O–H groups in total. The highest BCUT2D eigenvalue weighted by Gasteiger charge is 2.30. The summed E-state index contributed by atoms with van der Waals surface area (Å²) in [6.45, 7) is 0. The number of rotatable bonds is 2. The minimum atomic E-state index is -2.33. The molecule has 1 aromatic heterocycles. The molecule has 10 heteroatoms. The van der Waals surface area contributed by atoms with Crippen LogP contribution in [0, 0.1) is 29.1 Å². The monoisotopic (exact) mass is 372 g/mol. The lowest BCUT2D eigenvalue weighted by atomic mass is 10.1. The topological polar surface area (TPSA) is 42.0 Å². The lowest BCUT2D eigenvalue weighted by Crippen LogP contribution is -2.19. The second-order valence-electron chi connectivity index (χ2n) is 3.37. The Morgan fingerprint density at radius 3 is 2.00 bits per heavy atom. The smallest absolute Gasteiger partial charge is 0.263 e. The molecular weight excluding hydrogens is 371 g/mol. The van der Waals surface area contributed by atoms with Gasteiger partial charge < -0.3 is 0 Å². The summed E-state index contributed by atoms with van der Waals surface area (Å²) in [6, 6.07) is 0. The van der Waals surface area contributed by atoms with E-state index in [1.54, 1.807) is 0 Å². The van der Waals surface area contributed by atoms with Crippen LogP contribution in [-0.2, 0) is 0 Å². The fourth-order valence-corrected chi connectivity index (χ4v) is 2.38. The molecule has 0 unspecified atom stereocenters. The minimum Gasteiger partial charge on any atom is -0.298 e. The van der Waals surface area contributed by atoms with Gasteiger partial charge in [0.2, 0.25) is 5.82 Å². The third-order valence-corrected chi connectivity index (χ3v) is 3.53. The average molecular weight is 373 g/mol. The molecule has 0 saturated heterocycles. The molecule has 0 atom stereocenters. The molecule has 1 heterocycles. The summed E-state index contributed by atoms with van der Waals surface area (Å²) in [5, 5.41) is 1.87. The average Bonchev–Trinajstić information content (AvgIpc) is 2.79. The highest BCUT2D eigenvalue weighted by atomic mass is 79.9. The second-order valence-corrected chi connectivity index (χ2v) is 5.78. The number of halogens is 6. The van der Waals surface area contributed by atoms with Crippen LogP contribution in [0.1, 0.15) is 10.4 Å². The van der Waals surface area contributed by atoms with Gasteiger partial charge in [-0.05, 0) is 15.9 Å². The Morgan fingerprint density at radius 1 is 1.05 bits per heavy atom. The molecule has 0 fully saturated rings. The molecule has 0 aliphatic rings. The fourth-order valence-electron chi connectivity index (χ4n) is 1.28. The number of aromatic nitrogens is 1. The lowest BCUT2D eigenvalue weighted by Gasteiger charge is -2.07. The number of amides is 1. The Morgan fingerprint density at radius 2 is 1.55 bits per heavy atom. The number of carbonyl (C=O) groups is 1. The van der Waals surface area contributed by atoms with E-state index in [0.717, 1.165) is 11.3 Å². The predicted molar refractivity (Wildman–Crippen MR) is 64.0 cm³/mol. The molecule has 0 radical (unpaired) electrons. The molecule has 1 amide bonds. The predicted octanol–water partition coefficient (Wildman–Crippen LogP) is 3.85. The van der Waals surface area contributed by atoms with Gasteiger partial charge in [0, 0.05) is 0 Å². The number of nitrogens with zero attached hydrogens (tertiary/aromatic N) is 1. The number of thiazole rings is 1. The van der Waals surface area contributed by atoms with Crippen molar-refractivity contribution in [2.75, 3.05) is 5.32 Å². The first-order valence-electron chi connectivity index (χ1n) is 4.77. The maximum atomic E-state index is 13.4. The van der Waals surface area contributed by atoms with E-state index in [9.17, 15) is 26.7 Å². The van der Waals surface area contributed by atoms with E-state index in [2.05, 4.69) is 20.9 Å². The minimum absolute atomic E-state index is 0.0641. The first kappa shape index (κ1) is 14.9. The highest BCUT2D eigenvalue weighted by molar-refractivity contribution is 9.11. The summed E-state index contributed by atoms with van der Waals surface area (Å²) >= 11 is 3.93. The number of benzene rings is 1. The maximum absolute atomic E-state index is 13.4. The number of carbonyl (C=O) groups excluding carboxylic acids is 1. The standard InChI is InChI=1S/C10H2BrF5N2OS/c11-2-1-17-10(20-2)18-9(19)3-4(12)6(14)8(16)7(15)5(3)13/h1H,(H,17,18,19). The molecule has 0 bridgehead atoms. The first-order valence-corrected chi connectivity index (χ1v) is 6.38. The fraction of sp³-hybridized carbons (Fsp3) is 0. The van der Waals surface area contributed by atoms with E-state index in [4.69, 9.17) is 0 Å². The number of hydrogen-bond acceptors (Lipinski definition) is 3. The zero-order valence-electron chi connectivity index (χ0n) is 9.11. The van der Waals surface area contributed by atoms with E-state index in [1.807, 2.05) is 5.32 Å². The van der Waals surface area contributed by atoms with Gasteiger partial charge in [-0.15, -0.1) is 0 Å². The van der Waals surface area contributed by atoms with Crippen molar-refractivity contribution in [2.24, 2.45) is 0 Å². The van der Waals surface area contributed by atoms with E-state index in [-0.39, 0.29) is 5.13 Å². The quantitative estimate of drug-likeness (QED) is 0.494. The third kappa shape index (κ3) is 2.52. The van der Waals surface area contributed by atoms with Crippen LogP contribution in [0.3, 0.4) is 0 Å². The Kier molecular flexibility index (Phi) is 4.04. The SMILES string of the molecule is O=C(Nc1ncc(Br)s1)c1c(F)c(F)c(F)c(F)c1F. The molecule has 0 saturated carbocycles. The van der Waals surface area contributed by atoms with Gasteiger partial charge in [-0.2, -0.15) is 0 Å². The van der Waals surface area contributed by atoms with Crippen molar-refractivity contribution in [2.45, 2.75) is 0 Å². The van der Waals surface area contributed by atoms with Crippen LogP contribution < -0.4 is 5.32 Å². The summed E-state index contributed by atoms with van der Waals surface area (Å²) in [5.74, 6) is -12.6. The molecule has 0 aliphatic carbocycles. The first-order chi connectivity index (χ1) is 9.32. The lowest BCUT2D eigenvalue weighted by molar-refractivity contribution is 0.101. The van der Waals surface area contributed by atoms with Crippen molar-refractivity contribution in [1.29, 1.82) is 0 Å². The van der Waals surface area contributed by atoms with Crippen LogP contribution in [-0.4, -0.2) is 10.9 Å². The van der Waals surface area contributed by atoms with Crippen molar-refractivity contribution < 1.29 is 26.7 Å². The van der Waals surface area contributed by atoms with Crippen LogP contribution in [0.4, 0.5) is 27.1 Å². The molecule has 106 valence electrons. The largest absolute Gasteiger partial charge is 0.298 e. The third-order valence-electron chi connectivity index (χ3n) is 2.13. The van der Waals surface area contributed by atoms with E-state index in [0.29, 0.717) is 3.79 Å². The molecule has 20 heavy (non-hydrogen) atoms. The van der Waals surface area contributed by atoms with Crippen LogP contribution in [0.2, 0.25) is 0 Å². The van der Waals surface area contributed by atoms with Crippen LogP contribution >= 0.6 is 27.3 Å². The van der Waals surface area contributed by atoms with Gasteiger partial charge in [0.05, 0.1) is 9.98 Å². The van der Waals surface area contributed by atoms with Gasteiger partial charge in [-0.3, -0.25) is 10.1 Å². The van der Waals surface area contributed by atoms with Gasteiger partial charge in [-0.1, -0.05) is 11.3 Å². The Balaban J connectivity index is 2.45. The van der Waals surface area contributed by atoms with Crippen molar-refractivity contribution in [3.63, 3.8) is 0 Å². The van der Waals surface area contributed by atoms with Gasteiger partial charge in [-0.25, -0.2) is 26.9 Å². The molecule has 0 spiro atoms. The highest BCUT2D eigenvalue weighted by Crippen LogP contribution is 2.26. The number of hydrogen-bond donors (Lipinski definition) is 1. The maximum Gasteiger partial charge on any atom is 0.263 e. The molecule has 3 nitrogen and oxygen atoms in total. The molecular formula is C10H2BrF5N2OS. The van der Waals surface area contributed by atoms with Crippen molar-refractivity contribution in [3.8, 4) is 0 Å². The Labute approximate surface area is 120 Å². The summed E-state index contributed by atoms with van der Waals surface area (Å²) in [5.41, 5.74) is -1.56. The van der Waals surface area contributed by atoms with Gasteiger partial charge >= 0.3 is 0 Å². The Hall–Kier alpha value is -1.55. The zero-order chi connectivity index (χ0) is 15.0. The van der Waals surface area contributed by atoms with Crippen molar-refractivity contribution in [3.05, 3.63) is 44.6 Å². The van der Waals surface area contributed by atoms with E-state index < -0.39 is 40.6 Å². The molecule has 1 aromatic carbocycles. The van der Waals surface area contributed by atoms with Crippen molar-refractivity contribution in [1.82, 2.24) is 4.98 Å². The van der Waals surface area contributed by atoms with Crippen molar-refractivity contribution >= 4 is 38.3 Å². The van der Waals surface area contributed by atoms with Gasteiger partial charge in [0.1, 0.15) is 5.56 Å². The van der Waals surface area contributed by atoms with Gasteiger partial charge in [0.15, 0.2) is 28.4 Å². The van der Waals surface area contributed by atoms with Gasteiger partial charge in [0.25, 0.3) is 5.91 Å². The summed E-state index contributed by atoms with van der Waals surface area (Å²) < 4.78 is 65.9. The Bertz CT molecular complexity index is 676. The second kappa shape index (κ2) is 5.44. The molecule has 2 rings (SSSR count). The summed E-state index contributed by atoms with van der Waals surface area (Å²) in [7, 11) is 0. The van der Waals surface area contributed by atoms with Crippen LogP contribution in [0.15, 0.2) is 9.98 Å². The number of anilines is 1. The van der Waals surface area contributed by atoms with Crippen LogP contribution in [0.25, 0.3) is 0 Å². The van der Waals surface area contributed by atoms with Crippen LogP contribution in [0.5, 0.6) is 0 Å². The summed E-state index contributed by atoms with van der Waals surface area (Å²) in [4.78, 5) is 15.2. The normalized spacial score (nSPS) is 10.7. The zero-order valence-corrected chi connectivity index (χ0v) is 11.5. The summed E-state index contributed by atoms with van der Waals surface area (Å²) in [6.07, 6.45) is 1.29. The molecule has 0 aliphatic heterocycles. The van der Waals surface area contributed by atoms with E-state index in [1.165, 1.54) is 6.20 Å².